The number of carbonyl (C=O) groups is 4. The van der Waals surface area contributed by atoms with Crippen molar-refractivity contribution in [1.82, 2.24) is 0 Å². The van der Waals surface area contributed by atoms with Crippen LogP contribution in [0.1, 0.15) is 67.8 Å². The van der Waals surface area contributed by atoms with Gasteiger partial charge in [0.2, 0.25) is 0 Å². The number of Topliss-reactive ketones (excluding diaryl/α,β-unsaturated/α-hetero) is 1. The van der Waals surface area contributed by atoms with Gasteiger partial charge in [-0.3, -0.25) is 9.59 Å². The van der Waals surface area contributed by atoms with Crippen molar-refractivity contribution in [3.05, 3.63) is 59.2 Å². The Morgan fingerprint density at radius 1 is 0.972 bits per heavy atom. The highest BCUT2D eigenvalue weighted by Gasteiger charge is 2.25. The van der Waals surface area contributed by atoms with Gasteiger partial charge in [0.15, 0.2) is 5.78 Å². The standard InChI is InChI=1S/C27H30O9/c1-14(2)24(31)36-22-12-17(11-21(30)23(22)16(4)28)10-15(3)34-25(32)19-13-18(8-9-20(19)29)35-26(33)27(5,6)7/h8-9,11-13,15,29-30H,1,10H2,2-7H3. The molecule has 9 nitrogen and oxygen atoms in total. The molecule has 0 heterocycles. The average Bonchev–Trinajstić information content (AvgIpc) is 2.73. The van der Waals surface area contributed by atoms with Crippen molar-refractivity contribution in [1.29, 1.82) is 0 Å². The summed E-state index contributed by atoms with van der Waals surface area (Å²) in [5.41, 5.74) is -0.614. The lowest BCUT2D eigenvalue weighted by Crippen LogP contribution is -2.25. The first-order chi connectivity index (χ1) is 16.6. The van der Waals surface area contributed by atoms with Crippen LogP contribution in [-0.2, 0) is 20.7 Å². The number of ether oxygens (including phenoxy) is 3. The molecule has 0 aliphatic rings. The quantitative estimate of drug-likeness (QED) is 0.233. The van der Waals surface area contributed by atoms with Crippen LogP contribution in [0.2, 0.25) is 0 Å². The van der Waals surface area contributed by atoms with Gasteiger partial charge >= 0.3 is 17.9 Å². The van der Waals surface area contributed by atoms with Gasteiger partial charge < -0.3 is 24.4 Å². The van der Waals surface area contributed by atoms with Crippen LogP contribution >= 0.6 is 0 Å². The van der Waals surface area contributed by atoms with Crippen molar-refractivity contribution in [2.75, 3.05) is 0 Å². The summed E-state index contributed by atoms with van der Waals surface area (Å²) in [5.74, 6) is -3.49. The number of esters is 3. The summed E-state index contributed by atoms with van der Waals surface area (Å²) in [6.07, 6.45) is -0.681. The molecule has 1 atom stereocenters. The average molecular weight is 499 g/mol. The second kappa shape index (κ2) is 11.1. The number of phenols is 2. The van der Waals surface area contributed by atoms with E-state index in [2.05, 4.69) is 6.58 Å². The highest BCUT2D eigenvalue weighted by Crippen LogP contribution is 2.32. The van der Waals surface area contributed by atoms with Gasteiger partial charge in [0.05, 0.1) is 5.41 Å². The molecule has 0 fully saturated rings. The first-order valence-corrected chi connectivity index (χ1v) is 11.1. The Morgan fingerprint density at radius 3 is 2.17 bits per heavy atom. The van der Waals surface area contributed by atoms with Gasteiger partial charge in [0, 0.05) is 12.0 Å². The van der Waals surface area contributed by atoms with Crippen LogP contribution in [0.4, 0.5) is 0 Å². The molecule has 0 bridgehead atoms. The molecule has 2 aromatic rings. The minimum atomic E-state index is -0.868. The highest BCUT2D eigenvalue weighted by atomic mass is 16.5. The maximum Gasteiger partial charge on any atom is 0.342 e. The first-order valence-electron chi connectivity index (χ1n) is 11.1. The van der Waals surface area contributed by atoms with Gasteiger partial charge in [0.1, 0.15) is 40.2 Å². The number of hydrogen-bond donors (Lipinski definition) is 2. The molecule has 0 saturated carbocycles. The Bertz CT molecular complexity index is 1220. The molecule has 0 aliphatic carbocycles. The minimum Gasteiger partial charge on any atom is -0.507 e. The van der Waals surface area contributed by atoms with E-state index in [0.29, 0.717) is 5.56 Å². The Hall–Kier alpha value is -4.14. The Kier molecular flexibility index (Phi) is 8.64. The fourth-order valence-corrected chi connectivity index (χ4v) is 3.02. The lowest BCUT2D eigenvalue weighted by molar-refractivity contribution is -0.143. The summed E-state index contributed by atoms with van der Waals surface area (Å²) < 4.78 is 15.9. The van der Waals surface area contributed by atoms with Gasteiger partial charge in [-0.1, -0.05) is 6.58 Å². The second-order valence-corrected chi connectivity index (χ2v) is 9.45. The van der Waals surface area contributed by atoms with Gasteiger partial charge in [-0.05, 0) is 77.4 Å². The SMILES string of the molecule is C=C(C)C(=O)Oc1cc(CC(C)OC(=O)c2cc(OC(=O)C(C)(C)C)ccc2O)cc(O)c1C(C)=O. The Balaban J connectivity index is 2.23. The van der Waals surface area contributed by atoms with E-state index in [0.717, 1.165) is 0 Å². The van der Waals surface area contributed by atoms with Gasteiger partial charge in [-0.2, -0.15) is 0 Å². The summed E-state index contributed by atoms with van der Waals surface area (Å²) in [5, 5.41) is 20.5. The molecule has 2 aromatic carbocycles. The number of hydrogen-bond acceptors (Lipinski definition) is 9. The Labute approximate surface area is 209 Å². The van der Waals surface area contributed by atoms with Crippen LogP contribution in [0.3, 0.4) is 0 Å². The van der Waals surface area contributed by atoms with Crippen LogP contribution in [0.5, 0.6) is 23.0 Å². The van der Waals surface area contributed by atoms with Crippen LogP contribution in [-0.4, -0.2) is 40.0 Å². The van der Waals surface area contributed by atoms with E-state index in [1.165, 1.54) is 44.2 Å². The molecular weight excluding hydrogens is 468 g/mol. The van der Waals surface area contributed by atoms with E-state index in [-0.39, 0.29) is 40.4 Å². The van der Waals surface area contributed by atoms with Gasteiger partial charge in [-0.25, -0.2) is 9.59 Å². The highest BCUT2D eigenvalue weighted by molar-refractivity contribution is 6.01. The molecule has 0 aliphatic heterocycles. The largest absolute Gasteiger partial charge is 0.507 e. The summed E-state index contributed by atoms with van der Waals surface area (Å²) in [4.78, 5) is 48.8. The minimum absolute atomic E-state index is 0.0704. The van der Waals surface area contributed by atoms with E-state index in [1.54, 1.807) is 27.7 Å². The molecule has 2 N–H and O–H groups in total. The van der Waals surface area contributed by atoms with Crippen molar-refractivity contribution in [3.63, 3.8) is 0 Å². The summed E-state index contributed by atoms with van der Waals surface area (Å²) in [7, 11) is 0. The zero-order valence-electron chi connectivity index (χ0n) is 21.1. The number of phenolic OH excluding ortho intramolecular Hbond substituents is 2. The van der Waals surface area contributed by atoms with E-state index in [9.17, 15) is 29.4 Å². The van der Waals surface area contributed by atoms with Crippen molar-refractivity contribution < 1.29 is 43.6 Å². The van der Waals surface area contributed by atoms with Crippen LogP contribution < -0.4 is 9.47 Å². The molecule has 0 spiro atoms. The van der Waals surface area contributed by atoms with E-state index in [1.807, 2.05) is 0 Å². The van der Waals surface area contributed by atoms with E-state index >= 15 is 0 Å². The zero-order valence-corrected chi connectivity index (χ0v) is 21.1. The number of benzene rings is 2. The fraction of sp³-hybridized carbons (Fsp3) is 0.333. The summed E-state index contributed by atoms with van der Waals surface area (Å²) in [6.45, 7) is 12.8. The van der Waals surface area contributed by atoms with Gasteiger partial charge in [-0.15, -0.1) is 0 Å². The number of ketones is 1. The molecule has 36 heavy (non-hydrogen) atoms. The molecule has 2 rings (SSSR count). The molecular formula is C27H30O9. The van der Waals surface area contributed by atoms with E-state index < -0.39 is 41.0 Å². The second-order valence-electron chi connectivity index (χ2n) is 9.45. The van der Waals surface area contributed by atoms with Crippen LogP contribution in [0.25, 0.3) is 0 Å². The van der Waals surface area contributed by atoms with Crippen molar-refractivity contribution in [3.8, 4) is 23.0 Å². The maximum atomic E-state index is 12.7. The molecule has 1 unspecified atom stereocenters. The third-order valence-electron chi connectivity index (χ3n) is 4.89. The number of aromatic hydroxyl groups is 2. The summed E-state index contributed by atoms with van der Waals surface area (Å²) >= 11 is 0. The van der Waals surface area contributed by atoms with Crippen LogP contribution in [0.15, 0.2) is 42.5 Å². The monoisotopic (exact) mass is 498 g/mol. The lowest BCUT2D eigenvalue weighted by atomic mass is 9.97. The molecule has 192 valence electrons. The smallest absolute Gasteiger partial charge is 0.342 e. The Morgan fingerprint density at radius 2 is 1.61 bits per heavy atom. The molecule has 0 saturated heterocycles. The summed E-state index contributed by atoms with van der Waals surface area (Å²) in [6, 6.07) is 6.48. The third kappa shape index (κ3) is 7.18. The topological polar surface area (TPSA) is 136 Å². The number of rotatable bonds is 8. The molecule has 0 aromatic heterocycles. The molecule has 9 heteroatoms. The lowest BCUT2D eigenvalue weighted by Gasteiger charge is -2.18. The van der Waals surface area contributed by atoms with Crippen LogP contribution in [0, 0.1) is 5.41 Å². The van der Waals surface area contributed by atoms with Gasteiger partial charge in [0.25, 0.3) is 0 Å². The van der Waals surface area contributed by atoms with E-state index in [4.69, 9.17) is 14.2 Å². The van der Waals surface area contributed by atoms with Crippen molar-refractivity contribution >= 4 is 23.7 Å². The predicted molar refractivity (Wildman–Crippen MR) is 130 cm³/mol. The number of carbonyl (C=O) groups excluding carboxylic acids is 4. The maximum absolute atomic E-state index is 12.7. The van der Waals surface area contributed by atoms with Crippen molar-refractivity contribution in [2.45, 2.75) is 54.1 Å². The predicted octanol–water partition coefficient (Wildman–Crippen LogP) is 4.52. The molecule has 0 radical (unpaired) electrons. The van der Waals surface area contributed by atoms with Crippen molar-refractivity contribution in [2.24, 2.45) is 5.41 Å². The molecule has 0 amide bonds. The zero-order chi connectivity index (χ0) is 27.4. The normalized spacial score (nSPS) is 11.8. The first kappa shape index (κ1) is 28.1. The fourth-order valence-electron chi connectivity index (χ4n) is 3.02. The third-order valence-corrected chi connectivity index (χ3v) is 4.89.